The number of hydrogen-bond donors (Lipinski definition) is 1. The quantitative estimate of drug-likeness (QED) is 0.146. The van der Waals surface area contributed by atoms with Crippen LogP contribution in [-0.2, 0) is 37.3 Å². The number of benzene rings is 7. The molecule has 6 heteroatoms. The molecule has 2 aromatic heterocycles. The second kappa shape index (κ2) is 18.1. The fourth-order valence-corrected chi connectivity index (χ4v) is 8.53. The van der Waals surface area contributed by atoms with Crippen LogP contribution in [0.4, 0.5) is 39.8 Å². The first-order chi connectivity index (χ1) is 31.0. The third-order valence-corrected chi connectivity index (χ3v) is 12.3. The van der Waals surface area contributed by atoms with Gasteiger partial charge in [0.2, 0.25) is 0 Å². The smallest absolute Gasteiger partial charge is 0.135 e. The van der Waals surface area contributed by atoms with Crippen LogP contribution in [0.15, 0.2) is 170 Å². The van der Waals surface area contributed by atoms with E-state index in [9.17, 15) is 0 Å². The van der Waals surface area contributed by atoms with Crippen molar-refractivity contribution in [3.63, 3.8) is 0 Å². The van der Waals surface area contributed by atoms with Crippen LogP contribution in [0.25, 0.3) is 38.8 Å². The average molecular weight is 1040 g/mol. The van der Waals surface area contributed by atoms with Crippen molar-refractivity contribution < 1.29 is 21.1 Å². The third kappa shape index (κ3) is 9.33. The molecule has 0 spiro atoms. The van der Waals surface area contributed by atoms with Gasteiger partial charge in [0.25, 0.3) is 0 Å². The molecular formula is C60H58N5Pt-3. The zero-order chi connectivity index (χ0) is 45.7. The first kappa shape index (κ1) is 46.1. The van der Waals surface area contributed by atoms with E-state index in [1.807, 2.05) is 17.2 Å². The summed E-state index contributed by atoms with van der Waals surface area (Å²) >= 11 is 0. The predicted molar refractivity (Wildman–Crippen MR) is 276 cm³/mol. The third-order valence-electron chi connectivity index (χ3n) is 12.3. The zero-order valence-corrected chi connectivity index (χ0v) is 41.8. The number of nitrogens with one attached hydrogen (secondary N) is 1. The minimum absolute atomic E-state index is 0. The molecule has 5 nitrogen and oxygen atoms in total. The first-order valence-electron chi connectivity index (χ1n) is 22.6. The fourth-order valence-electron chi connectivity index (χ4n) is 8.53. The fraction of sp³-hybridized carbons (Fsp3) is 0.200. The van der Waals surface area contributed by atoms with Crippen LogP contribution in [0.5, 0.6) is 0 Å². The van der Waals surface area contributed by atoms with E-state index < -0.39 is 0 Å². The van der Waals surface area contributed by atoms with Crippen LogP contribution >= 0.6 is 0 Å². The number of para-hydroxylation sites is 2. The molecule has 0 fully saturated rings. The van der Waals surface area contributed by atoms with Crippen molar-refractivity contribution in [3.8, 4) is 16.9 Å². The monoisotopic (exact) mass is 1040 g/mol. The number of pyridine rings is 1. The Balaban J connectivity index is 0.00000592. The first-order valence-corrected chi connectivity index (χ1v) is 22.6. The maximum absolute atomic E-state index is 4.94. The summed E-state index contributed by atoms with van der Waals surface area (Å²) in [5.41, 5.74) is 14.4. The van der Waals surface area contributed by atoms with Gasteiger partial charge in [0.05, 0.1) is 5.69 Å². The molecule has 7 aromatic carbocycles. The predicted octanol–water partition coefficient (Wildman–Crippen LogP) is 16.5. The SMILES string of the molecule is [CH2-]N(c1[c-]c(N(c2[c-]c3c(cc2)c2ccccc2n3-c2cc(C(C)(C)C)ccn2)c2ccccc2)ccc1)c1ccc(C(C)(C)C)cc1Nc1cc(-c2ccccc2)cc(C(C)(C)C)c1.[Pt]. The van der Waals surface area contributed by atoms with Gasteiger partial charge in [-0.3, -0.25) is 7.05 Å². The summed E-state index contributed by atoms with van der Waals surface area (Å²) in [5, 5.41) is 6.16. The summed E-state index contributed by atoms with van der Waals surface area (Å²) in [7, 11) is 4.70. The van der Waals surface area contributed by atoms with Gasteiger partial charge in [0.15, 0.2) is 0 Å². The largest absolute Gasteiger partial charge is 0.516 e. The molecule has 0 amide bonds. The summed E-state index contributed by atoms with van der Waals surface area (Å²) in [6.07, 6.45) is 1.92. The Kier molecular flexibility index (Phi) is 12.6. The van der Waals surface area contributed by atoms with Gasteiger partial charge in [-0.2, -0.15) is 12.1 Å². The Morgan fingerprint density at radius 2 is 1.17 bits per heavy atom. The Bertz CT molecular complexity index is 3150. The molecule has 9 aromatic rings. The zero-order valence-electron chi connectivity index (χ0n) is 39.5. The van der Waals surface area contributed by atoms with Crippen LogP contribution in [0.3, 0.4) is 0 Å². The number of rotatable bonds is 9. The Labute approximate surface area is 406 Å². The molecule has 0 aliphatic carbocycles. The standard InChI is InChI=1S/C60H58N5.Pt/c1-58(2,3)43-28-31-55(53(37-43)62-46-35-42(41-20-13-11-14-21-41)34-45(36-46)60(7,8)9)63(10)48-24-19-25-49(39-48)64(47-22-15-12-16-23-47)50-29-30-52-51-26-17-18-27-54(51)65(56(52)40-50)57-38-44(32-33-61-57)59(4,5)6;/h11-38,62H,10H2,1-9H3;/q-3;. The Morgan fingerprint density at radius 1 is 0.530 bits per heavy atom. The van der Waals surface area contributed by atoms with E-state index in [-0.39, 0.29) is 37.3 Å². The summed E-state index contributed by atoms with van der Waals surface area (Å²) < 4.78 is 2.25. The van der Waals surface area contributed by atoms with Crippen LogP contribution in [0, 0.1) is 19.2 Å². The van der Waals surface area contributed by atoms with Crippen molar-refractivity contribution in [1.29, 1.82) is 0 Å². The molecule has 0 aliphatic rings. The molecule has 1 N–H and O–H groups in total. The molecule has 0 saturated heterocycles. The molecule has 2 heterocycles. The van der Waals surface area contributed by atoms with Gasteiger partial charge in [0.1, 0.15) is 5.82 Å². The van der Waals surface area contributed by atoms with E-state index in [2.05, 4.69) is 247 Å². The topological polar surface area (TPSA) is 36.3 Å². The van der Waals surface area contributed by atoms with E-state index in [1.54, 1.807) is 0 Å². The molecule has 0 unspecified atom stereocenters. The van der Waals surface area contributed by atoms with E-state index in [4.69, 9.17) is 12.0 Å². The van der Waals surface area contributed by atoms with E-state index in [0.29, 0.717) is 0 Å². The van der Waals surface area contributed by atoms with Crippen molar-refractivity contribution in [2.24, 2.45) is 0 Å². The van der Waals surface area contributed by atoms with E-state index in [0.717, 1.165) is 67.4 Å². The maximum Gasteiger partial charge on any atom is 0.135 e. The van der Waals surface area contributed by atoms with Crippen molar-refractivity contribution >= 4 is 61.6 Å². The minimum atomic E-state index is -0.0690. The van der Waals surface area contributed by atoms with Crippen molar-refractivity contribution in [2.75, 3.05) is 15.1 Å². The van der Waals surface area contributed by atoms with Gasteiger partial charge in [-0.25, -0.2) is 4.98 Å². The molecule has 0 aliphatic heterocycles. The van der Waals surface area contributed by atoms with Crippen LogP contribution in [-0.4, -0.2) is 9.55 Å². The Hall–Kier alpha value is -6.42. The number of anilines is 7. The van der Waals surface area contributed by atoms with E-state index in [1.165, 1.54) is 27.8 Å². The second-order valence-electron chi connectivity index (χ2n) is 20.2. The molecule has 336 valence electrons. The van der Waals surface area contributed by atoms with Gasteiger partial charge in [-0.1, -0.05) is 158 Å². The Morgan fingerprint density at radius 3 is 1.88 bits per heavy atom. The van der Waals surface area contributed by atoms with Gasteiger partial charge in [0, 0.05) is 49.8 Å². The number of fused-ring (bicyclic) bond motifs is 3. The summed E-state index contributed by atoms with van der Waals surface area (Å²) in [6.45, 7) is 20.3. The molecule has 66 heavy (non-hydrogen) atoms. The number of hydrogen-bond acceptors (Lipinski definition) is 4. The minimum Gasteiger partial charge on any atom is -0.516 e. The molecular weight excluding hydrogens is 986 g/mol. The average Bonchev–Trinajstić information content (AvgIpc) is 3.62. The molecule has 0 bridgehead atoms. The molecule has 0 radical (unpaired) electrons. The number of nitrogens with zero attached hydrogens (tertiary/aromatic N) is 4. The van der Waals surface area contributed by atoms with Crippen LogP contribution in [0.1, 0.15) is 79.0 Å². The van der Waals surface area contributed by atoms with Crippen molar-refractivity contribution in [3.05, 3.63) is 206 Å². The van der Waals surface area contributed by atoms with Gasteiger partial charge < -0.3 is 19.7 Å². The molecule has 9 rings (SSSR count). The molecule has 0 saturated carbocycles. The van der Waals surface area contributed by atoms with Gasteiger partial charge in [-0.05, 0) is 104 Å². The van der Waals surface area contributed by atoms with Crippen LogP contribution in [0.2, 0.25) is 0 Å². The van der Waals surface area contributed by atoms with Crippen molar-refractivity contribution in [2.45, 2.75) is 78.6 Å². The van der Waals surface area contributed by atoms with Gasteiger partial charge in [-0.15, -0.1) is 41.4 Å². The van der Waals surface area contributed by atoms with E-state index >= 15 is 0 Å². The summed E-state index contributed by atoms with van der Waals surface area (Å²) in [4.78, 5) is 9.15. The maximum atomic E-state index is 4.94. The summed E-state index contributed by atoms with van der Waals surface area (Å²) in [5.74, 6) is 0.868. The molecule has 0 atom stereocenters. The van der Waals surface area contributed by atoms with Crippen molar-refractivity contribution in [1.82, 2.24) is 9.55 Å². The van der Waals surface area contributed by atoms with Gasteiger partial charge >= 0.3 is 0 Å². The second-order valence-corrected chi connectivity index (χ2v) is 20.2. The number of aromatic nitrogens is 2. The normalized spacial score (nSPS) is 12.0. The summed E-state index contributed by atoms with van der Waals surface area (Å²) in [6, 6.07) is 65.8. The van der Waals surface area contributed by atoms with Crippen LogP contribution < -0.4 is 15.1 Å².